The summed E-state index contributed by atoms with van der Waals surface area (Å²) in [7, 11) is 0. The summed E-state index contributed by atoms with van der Waals surface area (Å²) in [5.41, 5.74) is 1.51. The zero-order valence-electron chi connectivity index (χ0n) is 11.3. The second kappa shape index (κ2) is 7.25. The Morgan fingerprint density at radius 1 is 1.40 bits per heavy atom. The molecule has 0 aliphatic rings. The van der Waals surface area contributed by atoms with Crippen LogP contribution in [0.1, 0.15) is 25.5 Å². The van der Waals surface area contributed by atoms with Crippen molar-refractivity contribution in [3.8, 4) is 0 Å². The number of alkyl halides is 3. The molecule has 0 bridgehead atoms. The van der Waals surface area contributed by atoms with Crippen LogP contribution in [0, 0.1) is 0 Å². The SMILES string of the molecule is CC(=O)Nc1cccc(C(C)NCCOC(F)(F)F)c1. The largest absolute Gasteiger partial charge is 0.522 e. The molecule has 0 fully saturated rings. The molecule has 0 radical (unpaired) electrons. The van der Waals surface area contributed by atoms with Crippen molar-refractivity contribution in [3.63, 3.8) is 0 Å². The van der Waals surface area contributed by atoms with Crippen LogP contribution in [-0.4, -0.2) is 25.4 Å². The molecule has 0 spiro atoms. The van der Waals surface area contributed by atoms with Gasteiger partial charge in [-0.1, -0.05) is 12.1 Å². The predicted molar refractivity (Wildman–Crippen MR) is 69.2 cm³/mol. The minimum atomic E-state index is -4.60. The molecule has 0 aliphatic heterocycles. The van der Waals surface area contributed by atoms with Crippen molar-refractivity contribution in [2.45, 2.75) is 26.3 Å². The van der Waals surface area contributed by atoms with Crippen LogP contribution in [0.2, 0.25) is 0 Å². The average Bonchev–Trinajstić information content (AvgIpc) is 2.32. The fourth-order valence-electron chi connectivity index (χ4n) is 1.65. The molecule has 4 nitrogen and oxygen atoms in total. The number of halogens is 3. The zero-order valence-corrected chi connectivity index (χ0v) is 11.3. The smallest absolute Gasteiger partial charge is 0.326 e. The fraction of sp³-hybridized carbons (Fsp3) is 0.462. The molecule has 1 rings (SSSR count). The summed E-state index contributed by atoms with van der Waals surface area (Å²) < 4.78 is 39.0. The van der Waals surface area contributed by atoms with Gasteiger partial charge in [0.05, 0.1) is 6.61 Å². The van der Waals surface area contributed by atoms with Crippen LogP contribution >= 0.6 is 0 Å². The van der Waals surface area contributed by atoms with Gasteiger partial charge in [0.15, 0.2) is 0 Å². The minimum absolute atomic E-state index is 0.0744. The Morgan fingerprint density at radius 3 is 2.70 bits per heavy atom. The van der Waals surface area contributed by atoms with Gasteiger partial charge >= 0.3 is 6.36 Å². The van der Waals surface area contributed by atoms with E-state index in [1.807, 2.05) is 13.0 Å². The average molecular weight is 290 g/mol. The van der Waals surface area contributed by atoms with Crippen molar-refractivity contribution in [2.75, 3.05) is 18.5 Å². The van der Waals surface area contributed by atoms with E-state index in [4.69, 9.17) is 0 Å². The number of carbonyl (C=O) groups is 1. The van der Waals surface area contributed by atoms with Crippen LogP contribution in [0.4, 0.5) is 18.9 Å². The van der Waals surface area contributed by atoms with Gasteiger partial charge < -0.3 is 10.6 Å². The summed E-state index contributed by atoms with van der Waals surface area (Å²) in [6.45, 7) is 2.85. The van der Waals surface area contributed by atoms with Gasteiger partial charge in [-0.05, 0) is 24.6 Å². The first-order chi connectivity index (χ1) is 9.28. The van der Waals surface area contributed by atoms with Gasteiger partial charge in [0.25, 0.3) is 0 Å². The highest BCUT2D eigenvalue weighted by Crippen LogP contribution is 2.18. The summed E-state index contributed by atoms with van der Waals surface area (Å²) in [5, 5.41) is 5.56. The molecule has 1 amide bonds. The van der Waals surface area contributed by atoms with Crippen LogP contribution in [0.15, 0.2) is 24.3 Å². The van der Waals surface area contributed by atoms with E-state index in [1.54, 1.807) is 18.2 Å². The van der Waals surface area contributed by atoms with E-state index in [0.29, 0.717) is 5.69 Å². The molecule has 7 heteroatoms. The van der Waals surface area contributed by atoms with E-state index in [1.165, 1.54) is 6.92 Å². The number of hydrogen-bond donors (Lipinski definition) is 2. The van der Waals surface area contributed by atoms with Gasteiger partial charge in [0.2, 0.25) is 5.91 Å². The first-order valence-corrected chi connectivity index (χ1v) is 6.09. The van der Waals surface area contributed by atoms with E-state index < -0.39 is 13.0 Å². The Hall–Kier alpha value is -1.60. The van der Waals surface area contributed by atoms with Crippen molar-refractivity contribution < 1.29 is 22.7 Å². The monoisotopic (exact) mass is 290 g/mol. The Labute approximate surface area is 115 Å². The fourth-order valence-corrected chi connectivity index (χ4v) is 1.65. The molecule has 0 saturated carbocycles. The zero-order chi connectivity index (χ0) is 15.2. The first kappa shape index (κ1) is 16.5. The van der Waals surface area contributed by atoms with Gasteiger partial charge in [-0.2, -0.15) is 0 Å². The predicted octanol–water partition coefficient (Wildman–Crippen LogP) is 2.83. The third kappa shape index (κ3) is 6.53. The molecule has 112 valence electrons. The van der Waals surface area contributed by atoms with E-state index in [9.17, 15) is 18.0 Å². The summed E-state index contributed by atoms with van der Waals surface area (Å²) in [6, 6.07) is 6.95. The lowest BCUT2D eigenvalue weighted by Gasteiger charge is -2.16. The molecule has 1 aromatic rings. The van der Waals surface area contributed by atoms with Crippen molar-refractivity contribution in [3.05, 3.63) is 29.8 Å². The third-order valence-electron chi connectivity index (χ3n) is 2.53. The molecular formula is C13H17F3N2O2. The number of nitrogens with one attached hydrogen (secondary N) is 2. The first-order valence-electron chi connectivity index (χ1n) is 6.09. The number of benzene rings is 1. The van der Waals surface area contributed by atoms with Crippen LogP contribution in [0.25, 0.3) is 0 Å². The van der Waals surface area contributed by atoms with Crippen LogP contribution in [0.3, 0.4) is 0 Å². The molecule has 0 aliphatic carbocycles. The van der Waals surface area contributed by atoms with Crippen molar-refractivity contribution >= 4 is 11.6 Å². The number of rotatable bonds is 6. The van der Waals surface area contributed by atoms with Crippen molar-refractivity contribution in [1.82, 2.24) is 5.32 Å². The summed E-state index contributed by atoms with van der Waals surface area (Å²) in [5.74, 6) is -0.179. The quantitative estimate of drug-likeness (QED) is 0.792. The number of amides is 1. The maximum atomic E-state index is 11.8. The molecule has 1 unspecified atom stereocenters. The Kier molecular flexibility index (Phi) is 5.97. The number of carbonyl (C=O) groups excluding carboxylic acids is 1. The van der Waals surface area contributed by atoms with Gasteiger partial charge in [0, 0.05) is 25.2 Å². The Bertz CT molecular complexity index is 449. The Morgan fingerprint density at radius 2 is 2.10 bits per heavy atom. The molecule has 20 heavy (non-hydrogen) atoms. The number of hydrogen-bond acceptors (Lipinski definition) is 3. The highest BCUT2D eigenvalue weighted by molar-refractivity contribution is 5.88. The lowest BCUT2D eigenvalue weighted by Crippen LogP contribution is -2.26. The molecular weight excluding hydrogens is 273 g/mol. The van der Waals surface area contributed by atoms with Crippen LogP contribution in [0.5, 0.6) is 0 Å². The summed E-state index contributed by atoms with van der Waals surface area (Å²) in [4.78, 5) is 10.9. The Balaban J connectivity index is 2.46. The highest BCUT2D eigenvalue weighted by Gasteiger charge is 2.28. The minimum Gasteiger partial charge on any atom is -0.326 e. The number of ether oxygens (including phenoxy) is 1. The van der Waals surface area contributed by atoms with Crippen LogP contribution < -0.4 is 10.6 Å². The van der Waals surface area contributed by atoms with Gasteiger partial charge in [-0.15, -0.1) is 13.2 Å². The molecule has 0 saturated heterocycles. The maximum Gasteiger partial charge on any atom is 0.522 e. The second-order valence-corrected chi connectivity index (χ2v) is 4.28. The second-order valence-electron chi connectivity index (χ2n) is 4.28. The third-order valence-corrected chi connectivity index (χ3v) is 2.53. The standard InChI is InChI=1S/C13H17F3N2O2/c1-9(17-6-7-20-13(14,15)16)11-4-3-5-12(8-11)18-10(2)19/h3-5,8-9,17H,6-7H2,1-2H3,(H,18,19). The van der Waals surface area contributed by atoms with Crippen molar-refractivity contribution in [1.29, 1.82) is 0 Å². The topological polar surface area (TPSA) is 50.4 Å². The van der Waals surface area contributed by atoms with E-state index in [2.05, 4.69) is 15.4 Å². The summed E-state index contributed by atoms with van der Waals surface area (Å²) >= 11 is 0. The number of anilines is 1. The van der Waals surface area contributed by atoms with Crippen LogP contribution in [-0.2, 0) is 9.53 Å². The molecule has 0 heterocycles. The van der Waals surface area contributed by atoms with E-state index in [0.717, 1.165) is 5.56 Å². The molecule has 0 aromatic heterocycles. The van der Waals surface area contributed by atoms with Crippen molar-refractivity contribution in [2.24, 2.45) is 0 Å². The normalized spacial score (nSPS) is 13.1. The molecule has 2 N–H and O–H groups in total. The molecule has 1 atom stereocenters. The van der Waals surface area contributed by atoms with Gasteiger partial charge in [-0.25, -0.2) is 0 Å². The van der Waals surface area contributed by atoms with E-state index in [-0.39, 0.29) is 18.5 Å². The lowest BCUT2D eigenvalue weighted by molar-refractivity contribution is -0.323. The maximum absolute atomic E-state index is 11.8. The highest BCUT2D eigenvalue weighted by atomic mass is 19.4. The van der Waals surface area contributed by atoms with Gasteiger partial charge in [-0.3, -0.25) is 9.53 Å². The summed E-state index contributed by atoms with van der Waals surface area (Å²) in [6.07, 6.45) is -4.60. The lowest BCUT2D eigenvalue weighted by atomic mass is 10.1. The van der Waals surface area contributed by atoms with Gasteiger partial charge in [0.1, 0.15) is 0 Å². The molecule has 1 aromatic carbocycles. The van der Waals surface area contributed by atoms with E-state index >= 15 is 0 Å².